The van der Waals surface area contributed by atoms with Gasteiger partial charge in [0.05, 0.1) is 29.4 Å². The van der Waals surface area contributed by atoms with Crippen LogP contribution in [0.1, 0.15) is 0 Å². The molecule has 0 radical (unpaired) electrons. The predicted octanol–water partition coefficient (Wildman–Crippen LogP) is 3.32. The van der Waals surface area contributed by atoms with Crippen molar-refractivity contribution in [3.8, 4) is 16.9 Å². The summed E-state index contributed by atoms with van der Waals surface area (Å²) in [5.41, 5.74) is 1.07. The molecule has 4 aromatic rings. The fourth-order valence-corrected chi connectivity index (χ4v) is 2.42. The van der Waals surface area contributed by atoms with Crippen molar-refractivity contribution >= 4 is 11.0 Å². The third-order valence-electron chi connectivity index (χ3n) is 3.59. The number of halogens is 2. The van der Waals surface area contributed by atoms with Gasteiger partial charge >= 0.3 is 0 Å². The van der Waals surface area contributed by atoms with Gasteiger partial charge in [0.1, 0.15) is 18.0 Å². The minimum atomic E-state index is -0.857. The average Bonchev–Trinajstić information content (AvgIpc) is 3.10. The number of hydrogen-bond acceptors (Lipinski definition) is 4. The van der Waals surface area contributed by atoms with Crippen molar-refractivity contribution in [3.63, 3.8) is 0 Å². The van der Waals surface area contributed by atoms with E-state index in [0.29, 0.717) is 22.8 Å². The van der Waals surface area contributed by atoms with Crippen LogP contribution in [0.5, 0.6) is 0 Å². The highest BCUT2D eigenvalue weighted by Gasteiger charge is 2.13. The molecule has 0 aliphatic heterocycles. The molecule has 118 valence electrons. The van der Waals surface area contributed by atoms with Gasteiger partial charge in [0, 0.05) is 11.6 Å². The minimum Gasteiger partial charge on any atom is -0.472 e. The van der Waals surface area contributed by atoms with Crippen LogP contribution in [0.25, 0.3) is 28.0 Å². The fraction of sp³-hybridized carbons (Fsp3) is 0. The van der Waals surface area contributed by atoms with Crippen LogP contribution >= 0.6 is 0 Å². The van der Waals surface area contributed by atoms with Gasteiger partial charge in [-0.05, 0) is 30.3 Å². The number of fused-ring (bicyclic) bond motifs is 1. The Morgan fingerprint density at radius 1 is 1.08 bits per heavy atom. The summed E-state index contributed by atoms with van der Waals surface area (Å²) in [6, 6.07) is 8.04. The van der Waals surface area contributed by atoms with Gasteiger partial charge in [-0.15, -0.1) is 0 Å². The smallest absolute Gasteiger partial charge is 0.284 e. The molecular formula is C17H9F2N3O2. The molecule has 0 bridgehead atoms. The molecule has 0 N–H and O–H groups in total. The van der Waals surface area contributed by atoms with Crippen molar-refractivity contribution in [1.82, 2.24) is 14.5 Å². The first kappa shape index (κ1) is 14.3. The van der Waals surface area contributed by atoms with Crippen LogP contribution in [-0.4, -0.2) is 14.5 Å². The summed E-state index contributed by atoms with van der Waals surface area (Å²) >= 11 is 0. The molecule has 7 heteroatoms. The van der Waals surface area contributed by atoms with E-state index in [4.69, 9.17) is 4.42 Å². The Balaban J connectivity index is 1.95. The van der Waals surface area contributed by atoms with Gasteiger partial charge < -0.3 is 4.42 Å². The Hall–Kier alpha value is -3.35. The second-order valence-corrected chi connectivity index (χ2v) is 5.09. The first-order valence-corrected chi connectivity index (χ1v) is 7.00. The Labute approximate surface area is 133 Å². The quantitative estimate of drug-likeness (QED) is 0.567. The molecule has 3 aromatic heterocycles. The molecule has 0 aliphatic carbocycles. The van der Waals surface area contributed by atoms with E-state index >= 15 is 0 Å². The van der Waals surface area contributed by atoms with Crippen LogP contribution in [-0.2, 0) is 0 Å². The van der Waals surface area contributed by atoms with E-state index in [1.807, 2.05) is 0 Å². The summed E-state index contributed by atoms with van der Waals surface area (Å²) in [7, 11) is 0. The summed E-state index contributed by atoms with van der Waals surface area (Å²) < 4.78 is 33.0. The van der Waals surface area contributed by atoms with Gasteiger partial charge in [-0.1, -0.05) is 0 Å². The second-order valence-electron chi connectivity index (χ2n) is 5.09. The Morgan fingerprint density at radius 3 is 2.71 bits per heavy atom. The molecule has 0 fully saturated rings. The molecule has 4 rings (SSSR count). The van der Waals surface area contributed by atoms with E-state index in [1.54, 1.807) is 18.2 Å². The molecule has 0 saturated heterocycles. The zero-order chi connectivity index (χ0) is 16.7. The number of benzene rings is 1. The molecule has 0 spiro atoms. The van der Waals surface area contributed by atoms with E-state index in [9.17, 15) is 13.6 Å². The fourth-order valence-electron chi connectivity index (χ4n) is 2.42. The lowest BCUT2D eigenvalue weighted by molar-refractivity contribution is 0.568. The molecule has 5 nitrogen and oxygen atoms in total. The van der Waals surface area contributed by atoms with Crippen molar-refractivity contribution < 1.29 is 13.2 Å². The van der Waals surface area contributed by atoms with Crippen LogP contribution in [0.3, 0.4) is 0 Å². The number of aromatic nitrogens is 3. The number of furan rings is 1. The van der Waals surface area contributed by atoms with Gasteiger partial charge in [0.25, 0.3) is 5.56 Å². The zero-order valence-electron chi connectivity index (χ0n) is 12.1. The molecular weight excluding hydrogens is 316 g/mol. The van der Waals surface area contributed by atoms with Gasteiger partial charge in [0.2, 0.25) is 0 Å². The van der Waals surface area contributed by atoms with E-state index in [-0.39, 0.29) is 11.2 Å². The van der Waals surface area contributed by atoms with Crippen LogP contribution in [0, 0.1) is 11.6 Å². The third kappa shape index (κ3) is 2.26. The van der Waals surface area contributed by atoms with Crippen LogP contribution in [0.4, 0.5) is 8.78 Å². The first-order valence-electron chi connectivity index (χ1n) is 7.00. The third-order valence-corrected chi connectivity index (χ3v) is 3.59. The summed E-state index contributed by atoms with van der Waals surface area (Å²) in [4.78, 5) is 21.1. The van der Waals surface area contributed by atoms with E-state index < -0.39 is 17.2 Å². The largest absolute Gasteiger partial charge is 0.472 e. The Kier molecular flexibility index (Phi) is 3.19. The maximum absolute atomic E-state index is 14.0. The van der Waals surface area contributed by atoms with Gasteiger partial charge in [0.15, 0.2) is 5.52 Å². The summed E-state index contributed by atoms with van der Waals surface area (Å²) in [5, 5.41) is 0. The van der Waals surface area contributed by atoms with E-state index in [0.717, 1.165) is 10.6 Å². The molecule has 0 saturated carbocycles. The van der Waals surface area contributed by atoms with Crippen LogP contribution in [0.15, 0.2) is 64.5 Å². The van der Waals surface area contributed by atoms with E-state index in [1.165, 1.54) is 24.9 Å². The van der Waals surface area contributed by atoms with Crippen molar-refractivity contribution in [2.45, 2.75) is 0 Å². The zero-order valence-corrected chi connectivity index (χ0v) is 12.1. The number of hydrogen-bond donors (Lipinski definition) is 0. The van der Waals surface area contributed by atoms with Crippen molar-refractivity contribution in [2.75, 3.05) is 0 Å². The van der Waals surface area contributed by atoms with Gasteiger partial charge in [-0.3, -0.25) is 9.36 Å². The molecule has 0 amide bonds. The van der Waals surface area contributed by atoms with E-state index in [2.05, 4.69) is 9.97 Å². The van der Waals surface area contributed by atoms with Crippen molar-refractivity contribution in [2.24, 2.45) is 0 Å². The molecule has 1 aromatic carbocycles. The Bertz CT molecular complexity index is 1100. The lowest BCUT2D eigenvalue weighted by Crippen LogP contribution is -2.21. The first-order chi connectivity index (χ1) is 11.6. The maximum Gasteiger partial charge on any atom is 0.284 e. The Morgan fingerprint density at radius 2 is 1.96 bits per heavy atom. The van der Waals surface area contributed by atoms with Crippen LogP contribution < -0.4 is 5.56 Å². The average molecular weight is 325 g/mol. The molecule has 0 aliphatic rings. The standard InChI is InChI=1S/C17H9F2N3O2/c18-11-1-4-15(12(19)7-11)22-9-20-14-3-2-13(10-5-6-24-8-10)21-16(14)17(22)23/h1-9H. The highest BCUT2D eigenvalue weighted by Crippen LogP contribution is 2.19. The normalized spacial score (nSPS) is 11.1. The number of pyridine rings is 1. The summed E-state index contributed by atoms with van der Waals surface area (Å²) in [6.45, 7) is 0. The van der Waals surface area contributed by atoms with Gasteiger partial charge in [-0.2, -0.15) is 0 Å². The lowest BCUT2D eigenvalue weighted by Gasteiger charge is -2.08. The van der Waals surface area contributed by atoms with Crippen molar-refractivity contribution in [3.05, 3.63) is 77.2 Å². The maximum atomic E-state index is 14.0. The lowest BCUT2D eigenvalue weighted by atomic mass is 10.2. The van der Waals surface area contributed by atoms with Gasteiger partial charge in [-0.25, -0.2) is 18.7 Å². The minimum absolute atomic E-state index is 0.0833. The number of rotatable bonds is 2. The topological polar surface area (TPSA) is 60.9 Å². The highest BCUT2D eigenvalue weighted by atomic mass is 19.1. The molecule has 24 heavy (non-hydrogen) atoms. The highest BCUT2D eigenvalue weighted by molar-refractivity contribution is 5.77. The van der Waals surface area contributed by atoms with Crippen LogP contribution in [0.2, 0.25) is 0 Å². The SMILES string of the molecule is O=c1c2nc(-c3ccoc3)ccc2ncn1-c1ccc(F)cc1F. The summed E-state index contributed by atoms with van der Waals surface area (Å²) in [6.07, 6.45) is 4.19. The monoisotopic (exact) mass is 325 g/mol. The number of nitrogens with zero attached hydrogens (tertiary/aromatic N) is 3. The molecule has 0 atom stereocenters. The van der Waals surface area contributed by atoms with Crippen molar-refractivity contribution in [1.29, 1.82) is 0 Å². The second kappa shape index (κ2) is 5.38. The summed E-state index contributed by atoms with van der Waals surface area (Å²) in [5.74, 6) is -1.58. The molecule has 3 heterocycles. The molecule has 0 unspecified atom stereocenters. The predicted molar refractivity (Wildman–Crippen MR) is 82.8 cm³/mol.